The lowest BCUT2D eigenvalue weighted by atomic mass is 10.3. The van der Waals surface area contributed by atoms with Gasteiger partial charge in [0.05, 0.1) is 0 Å². The van der Waals surface area contributed by atoms with Crippen molar-refractivity contribution >= 4 is 34.7 Å². The molecule has 120 valence electrons. The van der Waals surface area contributed by atoms with Crippen molar-refractivity contribution in [3.63, 3.8) is 0 Å². The molecular formula is C14H32N4S2. The predicted octanol–water partition coefficient (Wildman–Crippen LogP) is 2.53. The number of unbranched alkanes of at least 4 members (excludes halogenated alkanes) is 2. The van der Waals surface area contributed by atoms with E-state index in [-0.39, 0.29) is 0 Å². The minimum Gasteiger partial charge on any atom is -0.376 e. The first kappa shape index (κ1) is 21.7. The van der Waals surface area contributed by atoms with E-state index in [1.54, 1.807) is 0 Å². The van der Waals surface area contributed by atoms with Crippen LogP contribution in [0.5, 0.6) is 0 Å². The molecule has 0 spiro atoms. The summed E-state index contributed by atoms with van der Waals surface area (Å²) in [4.78, 5) is 5.90. The van der Waals surface area contributed by atoms with Gasteiger partial charge in [-0.3, -0.25) is 0 Å². The number of rotatable bonds is 6. The SMILES string of the molecule is CCCCN(CCCC)C(N)=S.CN(C)C(=S)N(C)C. The summed E-state index contributed by atoms with van der Waals surface area (Å²) in [7, 11) is 7.73. The van der Waals surface area contributed by atoms with Crippen LogP contribution in [0.2, 0.25) is 0 Å². The lowest BCUT2D eigenvalue weighted by Gasteiger charge is -2.21. The number of nitrogens with two attached hydrogens (primary N) is 1. The Balaban J connectivity index is 0. The third-order valence-corrected chi connectivity index (χ3v) is 3.63. The highest BCUT2D eigenvalue weighted by Crippen LogP contribution is 1.98. The molecule has 0 aliphatic heterocycles. The molecule has 0 fully saturated rings. The van der Waals surface area contributed by atoms with E-state index in [9.17, 15) is 0 Å². The molecule has 0 saturated carbocycles. The van der Waals surface area contributed by atoms with E-state index in [1.165, 1.54) is 25.7 Å². The third kappa shape index (κ3) is 12.4. The quantitative estimate of drug-likeness (QED) is 0.758. The zero-order valence-electron chi connectivity index (χ0n) is 14.0. The van der Waals surface area contributed by atoms with Crippen molar-refractivity contribution in [1.29, 1.82) is 0 Å². The third-order valence-electron chi connectivity index (χ3n) is 2.64. The van der Waals surface area contributed by atoms with Crippen molar-refractivity contribution in [3.05, 3.63) is 0 Å². The summed E-state index contributed by atoms with van der Waals surface area (Å²) < 4.78 is 0. The normalized spacial score (nSPS) is 9.30. The predicted molar refractivity (Wildman–Crippen MR) is 98.1 cm³/mol. The maximum Gasteiger partial charge on any atom is 0.170 e. The molecule has 2 N–H and O–H groups in total. The highest BCUT2D eigenvalue weighted by molar-refractivity contribution is 7.80. The Hall–Kier alpha value is -0.620. The van der Waals surface area contributed by atoms with Crippen LogP contribution in [-0.2, 0) is 0 Å². The largest absolute Gasteiger partial charge is 0.376 e. The molecule has 0 atom stereocenters. The smallest absolute Gasteiger partial charge is 0.170 e. The number of hydrogen-bond acceptors (Lipinski definition) is 2. The van der Waals surface area contributed by atoms with Crippen LogP contribution < -0.4 is 5.73 Å². The Morgan fingerprint density at radius 3 is 1.35 bits per heavy atom. The first-order valence-electron chi connectivity index (χ1n) is 7.20. The first-order valence-corrected chi connectivity index (χ1v) is 8.02. The fraction of sp³-hybridized carbons (Fsp3) is 0.857. The highest BCUT2D eigenvalue weighted by atomic mass is 32.1. The average Bonchev–Trinajstić information content (AvgIpc) is 2.38. The fourth-order valence-electron chi connectivity index (χ4n) is 1.43. The Kier molecular flexibility index (Phi) is 14.5. The van der Waals surface area contributed by atoms with Crippen molar-refractivity contribution in [2.45, 2.75) is 39.5 Å². The average molecular weight is 321 g/mol. The van der Waals surface area contributed by atoms with Gasteiger partial charge in [-0.25, -0.2) is 0 Å². The molecule has 0 aromatic heterocycles. The van der Waals surface area contributed by atoms with Crippen LogP contribution in [0, 0.1) is 0 Å². The zero-order chi connectivity index (χ0) is 16.1. The molecule has 6 heteroatoms. The molecule has 4 nitrogen and oxygen atoms in total. The highest BCUT2D eigenvalue weighted by Gasteiger charge is 2.03. The van der Waals surface area contributed by atoms with E-state index in [0.717, 1.165) is 18.2 Å². The molecule has 0 aromatic rings. The topological polar surface area (TPSA) is 35.7 Å². The van der Waals surface area contributed by atoms with Crippen LogP contribution in [0.25, 0.3) is 0 Å². The van der Waals surface area contributed by atoms with Gasteiger partial charge < -0.3 is 20.4 Å². The summed E-state index contributed by atoms with van der Waals surface area (Å²) in [5.74, 6) is 0. The van der Waals surface area contributed by atoms with Gasteiger partial charge in [-0.2, -0.15) is 0 Å². The van der Waals surface area contributed by atoms with Crippen molar-refractivity contribution < 1.29 is 0 Å². The second kappa shape index (κ2) is 13.4. The standard InChI is InChI=1S/C9H20N2S.C5H12N2S/c1-3-5-7-11(9(10)12)8-6-4-2;1-6(2)5(8)7(3)4/h3-8H2,1-2H3,(H2,10,12);1-4H3. The van der Waals surface area contributed by atoms with Crippen LogP contribution in [0.1, 0.15) is 39.5 Å². The summed E-state index contributed by atoms with van der Waals surface area (Å²) in [5.41, 5.74) is 5.58. The minimum absolute atomic E-state index is 0.553. The van der Waals surface area contributed by atoms with Gasteiger partial charge in [0.15, 0.2) is 10.2 Å². The second-order valence-electron chi connectivity index (χ2n) is 5.10. The fourth-order valence-corrected chi connectivity index (χ4v) is 1.61. The molecule has 0 saturated heterocycles. The Bertz CT molecular complexity index is 250. The molecule has 20 heavy (non-hydrogen) atoms. The Morgan fingerprint density at radius 1 is 0.850 bits per heavy atom. The van der Waals surface area contributed by atoms with E-state index in [2.05, 4.69) is 18.7 Å². The van der Waals surface area contributed by atoms with E-state index in [4.69, 9.17) is 30.2 Å². The molecule has 0 amide bonds. The summed E-state index contributed by atoms with van der Waals surface area (Å²) >= 11 is 9.90. The van der Waals surface area contributed by atoms with Gasteiger partial charge in [0.25, 0.3) is 0 Å². The van der Waals surface area contributed by atoms with Gasteiger partial charge in [0, 0.05) is 41.3 Å². The summed E-state index contributed by atoms with van der Waals surface area (Å²) in [5, 5.41) is 1.40. The molecule has 0 heterocycles. The van der Waals surface area contributed by atoms with Gasteiger partial charge in [-0.05, 0) is 37.3 Å². The minimum atomic E-state index is 0.553. The van der Waals surface area contributed by atoms with Crippen molar-refractivity contribution in [2.75, 3.05) is 41.3 Å². The molecule has 0 radical (unpaired) electrons. The molecule has 0 rings (SSSR count). The van der Waals surface area contributed by atoms with Crippen LogP contribution in [0.4, 0.5) is 0 Å². The molecule has 0 aromatic carbocycles. The van der Waals surface area contributed by atoms with Crippen LogP contribution >= 0.6 is 24.4 Å². The summed E-state index contributed by atoms with van der Waals surface area (Å²) in [6.45, 7) is 6.40. The van der Waals surface area contributed by atoms with Crippen LogP contribution in [-0.4, -0.2) is 66.2 Å². The van der Waals surface area contributed by atoms with Crippen LogP contribution in [0.3, 0.4) is 0 Å². The lowest BCUT2D eigenvalue weighted by Crippen LogP contribution is -2.36. The molecule has 0 aliphatic carbocycles. The summed E-state index contributed by atoms with van der Waals surface area (Å²) in [6.07, 6.45) is 4.76. The van der Waals surface area contributed by atoms with E-state index >= 15 is 0 Å². The maximum atomic E-state index is 5.58. The van der Waals surface area contributed by atoms with Gasteiger partial charge in [0.2, 0.25) is 0 Å². The lowest BCUT2D eigenvalue weighted by molar-refractivity contribution is 0.401. The maximum absolute atomic E-state index is 5.58. The van der Waals surface area contributed by atoms with Gasteiger partial charge in [-0.15, -0.1) is 0 Å². The van der Waals surface area contributed by atoms with Crippen molar-refractivity contribution in [3.8, 4) is 0 Å². The van der Waals surface area contributed by atoms with Gasteiger partial charge >= 0.3 is 0 Å². The van der Waals surface area contributed by atoms with E-state index in [0.29, 0.717) is 5.11 Å². The number of nitrogens with zero attached hydrogens (tertiary/aromatic N) is 3. The number of hydrogen-bond donors (Lipinski definition) is 1. The second-order valence-corrected chi connectivity index (χ2v) is 5.89. The molecule has 0 aliphatic rings. The molecule has 0 unspecified atom stereocenters. The Labute approximate surface area is 136 Å². The molecule has 0 bridgehead atoms. The number of thiocarbonyl (C=S) groups is 2. The van der Waals surface area contributed by atoms with Crippen molar-refractivity contribution in [2.24, 2.45) is 5.73 Å². The zero-order valence-corrected chi connectivity index (χ0v) is 15.6. The van der Waals surface area contributed by atoms with E-state index in [1.807, 2.05) is 38.0 Å². The van der Waals surface area contributed by atoms with Crippen LogP contribution in [0.15, 0.2) is 0 Å². The van der Waals surface area contributed by atoms with E-state index < -0.39 is 0 Å². The monoisotopic (exact) mass is 320 g/mol. The Morgan fingerprint density at radius 2 is 1.20 bits per heavy atom. The molecular weight excluding hydrogens is 288 g/mol. The first-order chi connectivity index (χ1) is 9.27. The van der Waals surface area contributed by atoms with Gasteiger partial charge in [0.1, 0.15) is 0 Å². The van der Waals surface area contributed by atoms with Gasteiger partial charge in [-0.1, -0.05) is 26.7 Å². The summed E-state index contributed by atoms with van der Waals surface area (Å²) in [6, 6.07) is 0. The van der Waals surface area contributed by atoms with Crippen molar-refractivity contribution in [1.82, 2.24) is 14.7 Å².